The third kappa shape index (κ3) is 4.16. The average molecular weight is 345 g/mol. The van der Waals surface area contributed by atoms with Gasteiger partial charge < -0.3 is 10.1 Å². The van der Waals surface area contributed by atoms with E-state index in [0.29, 0.717) is 23.4 Å². The van der Waals surface area contributed by atoms with E-state index in [1.54, 1.807) is 43.3 Å². The molecule has 1 N–H and O–H groups in total. The maximum absolute atomic E-state index is 12.4. The van der Waals surface area contributed by atoms with Crippen molar-refractivity contribution < 1.29 is 14.3 Å². The molecule has 3 aromatic rings. The number of nitrogens with one attached hydrogen (secondary N) is 1. The van der Waals surface area contributed by atoms with E-state index in [4.69, 9.17) is 4.74 Å². The zero-order valence-electron chi connectivity index (χ0n) is 14.4. The van der Waals surface area contributed by atoms with E-state index in [1.165, 1.54) is 0 Å². The van der Waals surface area contributed by atoms with Crippen LogP contribution < -0.4 is 5.32 Å². The first-order chi connectivity index (χ1) is 12.7. The molecular formula is C22H19NO3. The highest BCUT2D eigenvalue weighted by molar-refractivity contribution is 6.04. The van der Waals surface area contributed by atoms with Crippen molar-refractivity contribution in [1.29, 1.82) is 0 Å². The fourth-order valence-corrected chi connectivity index (χ4v) is 2.55. The van der Waals surface area contributed by atoms with E-state index in [-0.39, 0.29) is 11.9 Å². The molecule has 4 nitrogen and oxygen atoms in total. The Morgan fingerprint density at radius 1 is 0.769 bits per heavy atom. The Bertz CT molecular complexity index is 885. The third-order valence-electron chi connectivity index (χ3n) is 3.91. The van der Waals surface area contributed by atoms with Gasteiger partial charge in [-0.15, -0.1) is 0 Å². The molecule has 0 fully saturated rings. The van der Waals surface area contributed by atoms with Crippen LogP contribution in [-0.2, 0) is 4.74 Å². The standard InChI is InChI=1S/C22H19NO3/c1-2-26-22(25)19-12-14-20(15-13-19)23-21(24)18-10-8-17(9-11-18)16-6-4-3-5-7-16/h3-15H,2H2,1H3,(H,23,24). The maximum Gasteiger partial charge on any atom is 0.338 e. The van der Waals surface area contributed by atoms with Gasteiger partial charge in [0.15, 0.2) is 0 Å². The van der Waals surface area contributed by atoms with Crippen molar-refractivity contribution in [3.8, 4) is 11.1 Å². The quantitative estimate of drug-likeness (QED) is 0.677. The van der Waals surface area contributed by atoms with Crippen molar-refractivity contribution in [2.75, 3.05) is 11.9 Å². The predicted molar refractivity (Wildman–Crippen MR) is 102 cm³/mol. The number of carbonyl (C=O) groups excluding carboxylic acids is 2. The number of esters is 1. The van der Waals surface area contributed by atoms with Gasteiger partial charge in [0.2, 0.25) is 0 Å². The summed E-state index contributed by atoms with van der Waals surface area (Å²) in [4.78, 5) is 24.0. The summed E-state index contributed by atoms with van der Waals surface area (Å²) in [5.41, 5.74) is 3.81. The lowest BCUT2D eigenvalue weighted by Crippen LogP contribution is -2.12. The lowest BCUT2D eigenvalue weighted by atomic mass is 10.0. The van der Waals surface area contributed by atoms with Crippen LogP contribution in [0.4, 0.5) is 5.69 Å². The minimum Gasteiger partial charge on any atom is -0.462 e. The summed E-state index contributed by atoms with van der Waals surface area (Å²) in [6, 6.07) is 24.1. The number of hydrogen-bond acceptors (Lipinski definition) is 3. The van der Waals surface area contributed by atoms with E-state index < -0.39 is 0 Å². The normalized spacial score (nSPS) is 10.2. The van der Waals surface area contributed by atoms with Gasteiger partial charge in [-0.25, -0.2) is 4.79 Å². The highest BCUT2D eigenvalue weighted by Crippen LogP contribution is 2.20. The summed E-state index contributed by atoms with van der Waals surface area (Å²) in [7, 11) is 0. The molecule has 4 heteroatoms. The van der Waals surface area contributed by atoms with Gasteiger partial charge in [0.05, 0.1) is 12.2 Å². The van der Waals surface area contributed by atoms with Crippen LogP contribution in [0.25, 0.3) is 11.1 Å². The van der Waals surface area contributed by atoms with E-state index in [1.807, 2.05) is 42.5 Å². The molecule has 0 saturated heterocycles. The van der Waals surface area contributed by atoms with Gasteiger partial charge in [-0.1, -0.05) is 42.5 Å². The molecule has 130 valence electrons. The van der Waals surface area contributed by atoms with Crippen molar-refractivity contribution in [1.82, 2.24) is 0 Å². The first-order valence-corrected chi connectivity index (χ1v) is 8.41. The molecule has 0 radical (unpaired) electrons. The number of ether oxygens (including phenoxy) is 1. The Kier molecular flexibility index (Phi) is 5.44. The minimum absolute atomic E-state index is 0.200. The van der Waals surface area contributed by atoms with Crippen LogP contribution in [-0.4, -0.2) is 18.5 Å². The molecule has 0 atom stereocenters. The van der Waals surface area contributed by atoms with Gasteiger partial charge >= 0.3 is 5.97 Å². The van der Waals surface area contributed by atoms with E-state index in [2.05, 4.69) is 5.32 Å². The molecule has 0 saturated carbocycles. The summed E-state index contributed by atoms with van der Waals surface area (Å²) in [6.07, 6.45) is 0. The fourth-order valence-electron chi connectivity index (χ4n) is 2.55. The van der Waals surface area contributed by atoms with Gasteiger partial charge in [-0.2, -0.15) is 0 Å². The lowest BCUT2D eigenvalue weighted by Gasteiger charge is -2.08. The zero-order valence-corrected chi connectivity index (χ0v) is 14.4. The van der Waals surface area contributed by atoms with Crippen LogP contribution in [0.3, 0.4) is 0 Å². The van der Waals surface area contributed by atoms with Crippen molar-refractivity contribution in [3.63, 3.8) is 0 Å². The number of rotatable bonds is 5. The number of anilines is 1. The monoisotopic (exact) mass is 345 g/mol. The maximum atomic E-state index is 12.4. The first kappa shape index (κ1) is 17.4. The number of hydrogen-bond donors (Lipinski definition) is 1. The third-order valence-corrected chi connectivity index (χ3v) is 3.91. The molecule has 0 aliphatic carbocycles. The summed E-state index contributed by atoms with van der Waals surface area (Å²) in [6.45, 7) is 2.09. The van der Waals surface area contributed by atoms with Crippen LogP contribution in [0.15, 0.2) is 78.9 Å². The lowest BCUT2D eigenvalue weighted by molar-refractivity contribution is 0.0526. The molecule has 0 heterocycles. The molecule has 0 unspecified atom stereocenters. The van der Waals surface area contributed by atoms with Crippen molar-refractivity contribution in [2.24, 2.45) is 0 Å². The SMILES string of the molecule is CCOC(=O)c1ccc(NC(=O)c2ccc(-c3ccccc3)cc2)cc1. The largest absolute Gasteiger partial charge is 0.462 e. The van der Waals surface area contributed by atoms with Gasteiger partial charge in [0.1, 0.15) is 0 Å². The summed E-state index contributed by atoms with van der Waals surface area (Å²) in [5, 5.41) is 2.82. The van der Waals surface area contributed by atoms with Crippen molar-refractivity contribution >= 4 is 17.6 Å². The Morgan fingerprint density at radius 3 is 1.96 bits per heavy atom. The Hall–Kier alpha value is -3.40. The second-order valence-corrected chi connectivity index (χ2v) is 5.70. The molecule has 3 aromatic carbocycles. The number of amides is 1. The first-order valence-electron chi connectivity index (χ1n) is 8.41. The van der Waals surface area contributed by atoms with Gasteiger partial charge in [0.25, 0.3) is 5.91 Å². The van der Waals surface area contributed by atoms with E-state index >= 15 is 0 Å². The second kappa shape index (κ2) is 8.12. The minimum atomic E-state index is -0.373. The van der Waals surface area contributed by atoms with Crippen molar-refractivity contribution in [3.05, 3.63) is 90.0 Å². The summed E-state index contributed by atoms with van der Waals surface area (Å²) in [5.74, 6) is -0.574. The number of carbonyl (C=O) groups is 2. The fraction of sp³-hybridized carbons (Fsp3) is 0.0909. The van der Waals surface area contributed by atoms with Gasteiger partial charge in [-0.05, 0) is 54.4 Å². The van der Waals surface area contributed by atoms with Gasteiger partial charge in [-0.3, -0.25) is 4.79 Å². The van der Waals surface area contributed by atoms with Crippen LogP contribution >= 0.6 is 0 Å². The van der Waals surface area contributed by atoms with E-state index in [0.717, 1.165) is 11.1 Å². The molecule has 3 rings (SSSR count). The predicted octanol–water partition coefficient (Wildman–Crippen LogP) is 4.78. The van der Waals surface area contributed by atoms with E-state index in [9.17, 15) is 9.59 Å². The molecule has 26 heavy (non-hydrogen) atoms. The van der Waals surface area contributed by atoms with Crippen molar-refractivity contribution in [2.45, 2.75) is 6.92 Å². The Morgan fingerprint density at radius 2 is 1.35 bits per heavy atom. The Labute approximate surface area is 152 Å². The highest BCUT2D eigenvalue weighted by Gasteiger charge is 2.09. The molecule has 0 aliphatic rings. The topological polar surface area (TPSA) is 55.4 Å². The molecule has 0 bridgehead atoms. The molecule has 0 aliphatic heterocycles. The second-order valence-electron chi connectivity index (χ2n) is 5.70. The molecule has 0 aromatic heterocycles. The van der Waals surface area contributed by atoms with Gasteiger partial charge in [0, 0.05) is 11.3 Å². The molecule has 1 amide bonds. The van der Waals surface area contributed by atoms with Crippen LogP contribution in [0, 0.1) is 0 Å². The summed E-state index contributed by atoms with van der Waals surface area (Å²) < 4.78 is 4.94. The van der Waals surface area contributed by atoms with Crippen LogP contribution in [0.2, 0.25) is 0 Å². The number of benzene rings is 3. The van der Waals surface area contributed by atoms with Crippen LogP contribution in [0.1, 0.15) is 27.6 Å². The highest BCUT2D eigenvalue weighted by atomic mass is 16.5. The summed E-state index contributed by atoms with van der Waals surface area (Å²) >= 11 is 0. The Balaban J connectivity index is 1.67. The zero-order chi connectivity index (χ0) is 18.4. The average Bonchev–Trinajstić information content (AvgIpc) is 2.69. The molecule has 0 spiro atoms. The van der Waals surface area contributed by atoms with Crippen LogP contribution in [0.5, 0.6) is 0 Å². The smallest absolute Gasteiger partial charge is 0.338 e. The molecular weight excluding hydrogens is 326 g/mol.